The zero-order chi connectivity index (χ0) is 13.9. The number of nitrogens with one attached hydrogen (secondary N) is 1. The molecule has 0 spiro atoms. The van der Waals surface area contributed by atoms with E-state index in [1.807, 2.05) is 0 Å². The van der Waals surface area contributed by atoms with Gasteiger partial charge in [-0.25, -0.2) is 0 Å². The van der Waals surface area contributed by atoms with Crippen LogP contribution in [-0.4, -0.2) is 31.7 Å². The molecule has 108 valence electrons. The first-order valence-electron chi connectivity index (χ1n) is 7.18. The summed E-state index contributed by atoms with van der Waals surface area (Å²) in [6.45, 7) is 1.71. The molecule has 20 heavy (non-hydrogen) atoms. The van der Waals surface area contributed by atoms with E-state index in [1.165, 1.54) is 0 Å². The van der Waals surface area contributed by atoms with Gasteiger partial charge in [-0.15, -0.1) is 0 Å². The van der Waals surface area contributed by atoms with Gasteiger partial charge in [0.05, 0.1) is 0 Å². The molecule has 1 aromatic rings. The number of carbonyl (C=O) groups is 1. The first-order chi connectivity index (χ1) is 9.78. The normalized spacial score (nSPS) is 24.4. The van der Waals surface area contributed by atoms with E-state index in [9.17, 15) is 4.79 Å². The molecule has 2 aliphatic rings. The van der Waals surface area contributed by atoms with Gasteiger partial charge in [0.1, 0.15) is 13.2 Å². The Morgan fingerprint density at radius 1 is 1.25 bits per heavy atom. The number of hydrogen-bond donors (Lipinski definition) is 2. The van der Waals surface area contributed by atoms with E-state index < -0.39 is 0 Å². The minimum Gasteiger partial charge on any atom is -0.486 e. The van der Waals surface area contributed by atoms with Gasteiger partial charge >= 0.3 is 0 Å². The molecule has 2 unspecified atom stereocenters. The third kappa shape index (κ3) is 2.58. The van der Waals surface area contributed by atoms with Crippen LogP contribution < -0.4 is 20.5 Å². The number of fused-ring (bicyclic) bond motifs is 1. The third-order valence-electron chi connectivity index (χ3n) is 4.08. The monoisotopic (exact) mass is 276 g/mol. The molecule has 3 N–H and O–H groups in total. The summed E-state index contributed by atoms with van der Waals surface area (Å²) in [4.78, 5) is 12.3. The first-order valence-corrected chi connectivity index (χ1v) is 7.18. The fraction of sp³-hybridized carbons (Fsp3) is 0.533. The molecule has 1 aliphatic carbocycles. The van der Waals surface area contributed by atoms with Crippen molar-refractivity contribution in [3.8, 4) is 11.5 Å². The van der Waals surface area contributed by atoms with Crippen LogP contribution in [0.25, 0.3) is 0 Å². The maximum absolute atomic E-state index is 12.3. The quantitative estimate of drug-likeness (QED) is 0.873. The van der Waals surface area contributed by atoms with E-state index in [4.69, 9.17) is 15.2 Å². The van der Waals surface area contributed by atoms with Gasteiger partial charge < -0.3 is 20.5 Å². The van der Waals surface area contributed by atoms with E-state index in [1.54, 1.807) is 18.2 Å². The molecule has 1 fully saturated rings. The lowest BCUT2D eigenvalue weighted by atomic mass is 10.0. The molecular weight excluding hydrogens is 256 g/mol. The van der Waals surface area contributed by atoms with Crippen LogP contribution in [0.5, 0.6) is 11.5 Å². The van der Waals surface area contributed by atoms with E-state index in [0.717, 1.165) is 19.3 Å². The molecule has 3 rings (SSSR count). The van der Waals surface area contributed by atoms with Crippen molar-refractivity contribution in [2.24, 2.45) is 11.7 Å². The van der Waals surface area contributed by atoms with E-state index in [-0.39, 0.29) is 11.9 Å². The van der Waals surface area contributed by atoms with Crippen LogP contribution in [-0.2, 0) is 0 Å². The van der Waals surface area contributed by atoms with Crippen LogP contribution in [0.3, 0.4) is 0 Å². The second-order valence-corrected chi connectivity index (χ2v) is 5.37. The Hall–Kier alpha value is -1.75. The van der Waals surface area contributed by atoms with Gasteiger partial charge in [-0.1, -0.05) is 6.42 Å². The molecule has 0 aromatic heterocycles. The Morgan fingerprint density at radius 3 is 2.85 bits per heavy atom. The second kappa shape index (κ2) is 5.71. The van der Waals surface area contributed by atoms with Gasteiger partial charge in [0, 0.05) is 11.6 Å². The highest BCUT2D eigenvalue weighted by atomic mass is 16.6. The Balaban J connectivity index is 1.71. The lowest BCUT2D eigenvalue weighted by Gasteiger charge is -2.21. The Labute approximate surface area is 118 Å². The standard InChI is InChI=1S/C15H20N2O3/c16-9-11-2-1-3-12(11)17-15(18)10-4-5-13-14(8-10)20-7-6-19-13/h4-5,8,11-12H,1-3,6-7,9,16H2,(H,17,18). The van der Waals surface area contributed by atoms with Gasteiger partial charge in [-0.05, 0) is 43.5 Å². The minimum absolute atomic E-state index is 0.0627. The number of rotatable bonds is 3. The molecule has 0 bridgehead atoms. The van der Waals surface area contributed by atoms with E-state index in [2.05, 4.69) is 5.32 Å². The summed E-state index contributed by atoms with van der Waals surface area (Å²) in [6.07, 6.45) is 3.24. The van der Waals surface area contributed by atoms with Crippen LogP contribution in [0.4, 0.5) is 0 Å². The Kier molecular flexibility index (Phi) is 3.78. The van der Waals surface area contributed by atoms with Crippen molar-refractivity contribution in [2.75, 3.05) is 19.8 Å². The minimum atomic E-state index is -0.0627. The van der Waals surface area contributed by atoms with Crippen LogP contribution in [0.1, 0.15) is 29.6 Å². The molecule has 5 nitrogen and oxygen atoms in total. The number of carbonyl (C=O) groups excluding carboxylic acids is 1. The van der Waals surface area contributed by atoms with Gasteiger partial charge in [0.2, 0.25) is 0 Å². The zero-order valence-corrected chi connectivity index (χ0v) is 11.4. The number of hydrogen-bond acceptors (Lipinski definition) is 4. The summed E-state index contributed by atoms with van der Waals surface area (Å²) in [7, 11) is 0. The summed E-state index contributed by atoms with van der Waals surface area (Å²) in [5.74, 6) is 1.68. The summed E-state index contributed by atoms with van der Waals surface area (Å²) >= 11 is 0. The molecule has 5 heteroatoms. The number of benzene rings is 1. The molecule has 1 amide bonds. The average molecular weight is 276 g/mol. The number of ether oxygens (including phenoxy) is 2. The molecule has 0 radical (unpaired) electrons. The summed E-state index contributed by atoms with van der Waals surface area (Å²) in [6, 6.07) is 5.50. The maximum atomic E-state index is 12.3. The fourth-order valence-corrected chi connectivity index (χ4v) is 2.95. The van der Waals surface area contributed by atoms with Gasteiger partial charge in [0.25, 0.3) is 5.91 Å². The van der Waals surface area contributed by atoms with E-state index >= 15 is 0 Å². The average Bonchev–Trinajstić information content (AvgIpc) is 2.94. The predicted molar refractivity (Wildman–Crippen MR) is 75.1 cm³/mol. The summed E-state index contributed by atoms with van der Waals surface area (Å²) in [5, 5.41) is 3.09. The van der Waals surface area contributed by atoms with Crippen molar-refractivity contribution in [1.82, 2.24) is 5.32 Å². The smallest absolute Gasteiger partial charge is 0.251 e. The van der Waals surface area contributed by atoms with Gasteiger partial charge in [0.15, 0.2) is 11.5 Å². The summed E-state index contributed by atoms with van der Waals surface area (Å²) < 4.78 is 11.0. The Bertz CT molecular complexity index is 504. The van der Waals surface area contributed by atoms with Crippen LogP contribution in [0.15, 0.2) is 18.2 Å². The summed E-state index contributed by atoms with van der Waals surface area (Å²) in [5.41, 5.74) is 6.35. The molecule has 0 saturated heterocycles. The molecule has 2 atom stereocenters. The highest BCUT2D eigenvalue weighted by Crippen LogP contribution is 2.31. The molecule has 1 aromatic carbocycles. The third-order valence-corrected chi connectivity index (χ3v) is 4.08. The fourth-order valence-electron chi connectivity index (χ4n) is 2.95. The predicted octanol–water partition coefficient (Wildman–Crippen LogP) is 1.31. The SMILES string of the molecule is NCC1CCCC1NC(=O)c1ccc2c(c1)OCCO2. The van der Waals surface area contributed by atoms with Crippen molar-refractivity contribution in [1.29, 1.82) is 0 Å². The largest absolute Gasteiger partial charge is 0.486 e. The lowest BCUT2D eigenvalue weighted by molar-refractivity contribution is 0.0927. The van der Waals surface area contributed by atoms with Crippen molar-refractivity contribution in [2.45, 2.75) is 25.3 Å². The highest BCUT2D eigenvalue weighted by Gasteiger charge is 2.27. The first kappa shape index (κ1) is 13.2. The van der Waals surface area contributed by atoms with Crippen molar-refractivity contribution in [3.05, 3.63) is 23.8 Å². The van der Waals surface area contributed by atoms with E-state index in [0.29, 0.717) is 42.7 Å². The topological polar surface area (TPSA) is 73.6 Å². The van der Waals surface area contributed by atoms with Crippen molar-refractivity contribution in [3.63, 3.8) is 0 Å². The highest BCUT2D eigenvalue weighted by molar-refractivity contribution is 5.95. The van der Waals surface area contributed by atoms with Crippen molar-refractivity contribution < 1.29 is 14.3 Å². The molecule has 1 aliphatic heterocycles. The second-order valence-electron chi connectivity index (χ2n) is 5.37. The molecular formula is C15H20N2O3. The number of nitrogens with two attached hydrogens (primary N) is 1. The van der Waals surface area contributed by atoms with Gasteiger partial charge in [-0.3, -0.25) is 4.79 Å². The zero-order valence-electron chi connectivity index (χ0n) is 11.4. The van der Waals surface area contributed by atoms with Crippen molar-refractivity contribution >= 4 is 5.91 Å². The maximum Gasteiger partial charge on any atom is 0.251 e. The van der Waals surface area contributed by atoms with Crippen LogP contribution >= 0.6 is 0 Å². The molecule has 1 saturated carbocycles. The Morgan fingerprint density at radius 2 is 2.05 bits per heavy atom. The van der Waals surface area contributed by atoms with Gasteiger partial charge in [-0.2, -0.15) is 0 Å². The molecule has 1 heterocycles. The van der Waals surface area contributed by atoms with Crippen LogP contribution in [0.2, 0.25) is 0 Å². The number of amides is 1. The van der Waals surface area contributed by atoms with Crippen LogP contribution in [0, 0.1) is 5.92 Å². The lowest BCUT2D eigenvalue weighted by Crippen LogP contribution is -2.39.